The summed E-state index contributed by atoms with van der Waals surface area (Å²) in [7, 11) is -0.585. The van der Waals surface area contributed by atoms with Crippen LogP contribution in [0.4, 0.5) is 0 Å². The lowest BCUT2D eigenvalue weighted by Gasteiger charge is -2.18. The lowest BCUT2D eigenvalue weighted by molar-refractivity contribution is -0.141. The number of ether oxygens (including phenoxy) is 1. The van der Waals surface area contributed by atoms with Gasteiger partial charge in [0.2, 0.25) is 10.0 Å². The molecule has 0 unspecified atom stereocenters. The molecule has 1 aromatic carbocycles. The lowest BCUT2D eigenvalue weighted by Crippen LogP contribution is -2.42. The van der Waals surface area contributed by atoms with E-state index in [9.17, 15) is 22.8 Å². The summed E-state index contributed by atoms with van der Waals surface area (Å²) < 4.78 is 34.3. The van der Waals surface area contributed by atoms with Crippen molar-refractivity contribution in [1.29, 1.82) is 0 Å². The molecule has 0 spiro atoms. The summed E-state index contributed by atoms with van der Waals surface area (Å²) in [4.78, 5) is 35.2. The van der Waals surface area contributed by atoms with E-state index in [1.807, 2.05) is 6.92 Å². The molecule has 0 aliphatic carbocycles. The standard InChI is InChI=1S/C17H21N3O6S/c1-11-5-7-12(8-6-11)13(9-15(21)26-4)18-27(24,25)14-10-19(2)17(23)20(3)16(14)22/h5-8,10,13,18H,9H2,1-4H3/t13-/m0/s1. The van der Waals surface area contributed by atoms with Gasteiger partial charge in [-0.3, -0.25) is 14.2 Å². The van der Waals surface area contributed by atoms with Crippen molar-refractivity contribution in [3.63, 3.8) is 0 Å². The number of rotatable bonds is 6. The van der Waals surface area contributed by atoms with E-state index in [1.54, 1.807) is 24.3 Å². The molecule has 10 heteroatoms. The Hall–Kier alpha value is -2.72. The van der Waals surface area contributed by atoms with Crippen molar-refractivity contribution in [2.24, 2.45) is 14.1 Å². The largest absolute Gasteiger partial charge is 0.469 e. The van der Waals surface area contributed by atoms with Crippen LogP contribution in [-0.4, -0.2) is 30.6 Å². The fraction of sp³-hybridized carbons (Fsp3) is 0.353. The Morgan fingerprint density at radius 3 is 2.33 bits per heavy atom. The Labute approximate surface area is 156 Å². The Balaban J connectivity index is 2.50. The maximum Gasteiger partial charge on any atom is 0.330 e. The van der Waals surface area contributed by atoms with Gasteiger partial charge in [0.25, 0.3) is 5.56 Å². The number of methoxy groups -OCH3 is 1. The summed E-state index contributed by atoms with van der Waals surface area (Å²) in [5.41, 5.74) is -0.100. The first-order valence-corrected chi connectivity index (χ1v) is 9.47. The van der Waals surface area contributed by atoms with Gasteiger partial charge in [0.15, 0.2) is 4.90 Å². The lowest BCUT2D eigenvalue weighted by atomic mass is 10.0. The number of hydrogen-bond acceptors (Lipinski definition) is 6. The molecule has 9 nitrogen and oxygen atoms in total. The number of esters is 1. The molecule has 1 atom stereocenters. The van der Waals surface area contributed by atoms with Gasteiger partial charge in [-0.05, 0) is 12.5 Å². The molecule has 0 bridgehead atoms. The van der Waals surface area contributed by atoms with Crippen molar-refractivity contribution < 1.29 is 17.9 Å². The van der Waals surface area contributed by atoms with Gasteiger partial charge in [-0.15, -0.1) is 0 Å². The maximum atomic E-state index is 12.8. The fourth-order valence-electron chi connectivity index (χ4n) is 2.49. The van der Waals surface area contributed by atoms with Crippen molar-refractivity contribution in [2.75, 3.05) is 7.11 Å². The van der Waals surface area contributed by atoms with Crippen molar-refractivity contribution in [3.05, 3.63) is 62.4 Å². The van der Waals surface area contributed by atoms with Gasteiger partial charge in [0, 0.05) is 20.3 Å². The fourth-order valence-corrected chi connectivity index (χ4v) is 3.87. The first kappa shape index (κ1) is 20.6. The molecule has 0 saturated heterocycles. The van der Waals surface area contributed by atoms with E-state index in [0.29, 0.717) is 10.1 Å². The summed E-state index contributed by atoms with van der Waals surface area (Å²) in [6, 6.07) is 5.98. The summed E-state index contributed by atoms with van der Waals surface area (Å²) in [6.07, 6.45) is 0.697. The SMILES string of the molecule is COC(=O)C[C@H](NS(=O)(=O)c1cn(C)c(=O)n(C)c1=O)c1ccc(C)cc1. The minimum atomic E-state index is -4.31. The molecule has 2 aromatic rings. The molecule has 0 radical (unpaired) electrons. The van der Waals surface area contributed by atoms with Gasteiger partial charge in [-0.25, -0.2) is 17.9 Å². The molecular formula is C17H21N3O6S. The van der Waals surface area contributed by atoms with E-state index in [1.165, 1.54) is 21.2 Å². The second kappa shape index (κ2) is 7.89. The Bertz CT molecular complexity index is 1070. The van der Waals surface area contributed by atoms with Crippen molar-refractivity contribution >= 4 is 16.0 Å². The number of aryl methyl sites for hydroxylation is 2. The minimum Gasteiger partial charge on any atom is -0.469 e. The second-order valence-electron chi connectivity index (χ2n) is 6.12. The van der Waals surface area contributed by atoms with Crippen LogP contribution in [0.25, 0.3) is 0 Å². The third kappa shape index (κ3) is 4.52. The average Bonchev–Trinajstić information content (AvgIpc) is 2.62. The van der Waals surface area contributed by atoms with Crippen LogP contribution in [0.3, 0.4) is 0 Å². The van der Waals surface area contributed by atoms with E-state index in [0.717, 1.165) is 16.3 Å². The van der Waals surface area contributed by atoms with E-state index in [4.69, 9.17) is 0 Å². The van der Waals surface area contributed by atoms with Crippen LogP contribution in [-0.2, 0) is 33.7 Å². The van der Waals surface area contributed by atoms with E-state index in [2.05, 4.69) is 9.46 Å². The first-order chi connectivity index (χ1) is 12.6. The van der Waals surface area contributed by atoms with Crippen LogP contribution in [0.5, 0.6) is 0 Å². The third-order valence-corrected chi connectivity index (χ3v) is 5.53. The monoisotopic (exact) mass is 395 g/mol. The van der Waals surface area contributed by atoms with Crippen molar-refractivity contribution in [1.82, 2.24) is 13.9 Å². The van der Waals surface area contributed by atoms with E-state index in [-0.39, 0.29) is 6.42 Å². The second-order valence-corrected chi connectivity index (χ2v) is 7.80. The number of nitrogens with zero attached hydrogens (tertiary/aromatic N) is 2. The van der Waals surface area contributed by atoms with E-state index < -0.39 is 38.2 Å². The van der Waals surface area contributed by atoms with Crippen LogP contribution in [0, 0.1) is 6.92 Å². The zero-order chi connectivity index (χ0) is 20.4. The number of aromatic nitrogens is 2. The molecule has 1 heterocycles. The normalized spacial score (nSPS) is 12.6. The smallest absolute Gasteiger partial charge is 0.330 e. The predicted octanol–water partition coefficient (Wildman–Crippen LogP) is -0.0249. The summed E-state index contributed by atoms with van der Waals surface area (Å²) in [5, 5.41) is 0. The first-order valence-electron chi connectivity index (χ1n) is 7.99. The van der Waals surface area contributed by atoms with Gasteiger partial charge >= 0.3 is 11.7 Å². The van der Waals surface area contributed by atoms with Gasteiger partial charge in [0.05, 0.1) is 19.6 Å². The Kier molecular flexibility index (Phi) is 6.01. The highest BCUT2D eigenvalue weighted by molar-refractivity contribution is 7.89. The predicted molar refractivity (Wildman–Crippen MR) is 97.8 cm³/mol. The third-order valence-electron chi connectivity index (χ3n) is 4.08. The molecule has 2 rings (SSSR count). The highest BCUT2D eigenvalue weighted by atomic mass is 32.2. The molecule has 1 aromatic heterocycles. The van der Waals surface area contributed by atoms with Gasteiger partial charge in [-0.2, -0.15) is 0 Å². The van der Waals surface area contributed by atoms with Crippen LogP contribution in [0.2, 0.25) is 0 Å². The topological polar surface area (TPSA) is 116 Å². The zero-order valence-electron chi connectivity index (χ0n) is 15.4. The van der Waals surface area contributed by atoms with Crippen LogP contribution in [0.1, 0.15) is 23.6 Å². The molecule has 1 N–H and O–H groups in total. The molecular weight excluding hydrogens is 374 g/mol. The quantitative estimate of drug-likeness (QED) is 0.687. The summed E-state index contributed by atoms with van der Waals surface area (Å²) in [5.74, 6) is -0.614. The van der Waals surface area contributed by atoms with Gasteiger partial charge < -0.3 is 9.30 Å². The molecule has 0 amide bonds. The molecule has 0 aliphatic heterocycles. The van der Waals surface area contributed by atoms with Crippen molar-refractivity contribution in [3.8, 4) is 0 Å². The van der Waals surface area contributed by atoms with E-state index >= 15 is 0 Å². The van der Waals surface area contributed by atoms with Crippen LogP contribution >= 0.6 is 0 Å². The van der Waals surface area contributed by atoms with Crippen LogP contribution in [0.15, 0.2) is 44.9 Å². The molecule has 0 saturated carbocycles. The molecule has 27 heavy (non-hydrogen) atoms. The highest BCUT2D eigenvalue weighted by Gasteiger charge is 2.27. The summed E-state index contributed by atoms with van der Waals surface area (Å²) in [6.45, 7) is 1.87. The number of carbonyl (C=O) groups is 1. The molecule has 0 fully saturated rings. The van der Waals surface area contributed by atoms with Crippen molar-refractivity contribution in [2.45, 2.75) is 24.3 Å². The Morgan fingerprint density at radius 2 is 1.78 bits per heavy atom. The number of nitrogens with one attached hydrogen (secondary N) is 1. The van der Waals surface area contributed by atoms with Crippen LogP contribution < -0.4 is 16.0 Å². The van der Waals surface area contributed by atoms with Gasteiger partial charge in [0.1, 0.15) is 0 Å². The minimum absolute atomic E-state index is 0.259. The number of carbonyl (C=O) groups excluding carboxylic acids is 1. The average molecular weight is 395 g/mol. The number of sulfonamides is 1. The Morgan fingerprint density at radius 1 is 1.19 bits per heavy atom. The molecule has 0 aliphatic rings. The number of hydrogen-bond donors (Lipinski definition) is 1. The highest BCUT2D eigenvalue weighted by Crippen LogP contribution is 2.20. The molecule has 146 valence electrons. The maximum absolute atomic E-state index is 12.8. The number of benzene rings is 1. The summed E-state index contributed by atoms with van der Waals surface area (Å²) >= 11 is 0. The zero-order valence-corrected chi connectivity index (χ0v) is 16.2. The van der Waals surface area contributed by atoms with Gasteiger partial charge in [-0.1, -0.05) is 29.8 Å².